The van der Waals surface area contributed by atoms with Crippen molar-refractivity contribution >= 4 is 23.6 Å². The van der Waals surface area contributed by atoms with Gasteiger partial charge in [0.05, 0.1) is 12.6 Å². The second-order valence-electron chi connectivity index (χ2n) is 10.8. The molecule has 0 aliphatic carbocycles. The maximum Gasteiger partial charge on any atom is 0.410 e. The van der Waals surface area contributed by atoms with Crippen LogP contribution in [0.5, 0.6) is 0 Å². The van der Waals surface area contributed by atoms with Crippen LogP contribution in [-0.2, 0) is 20.7 Å². The van der Waals surface area contributed by atoms with Crippen molar-refractivity contribution in [1.29, 1.82) is 0 Å². The lowest BCUT2D eigenvalue weighted by atomic mass is 10.0. The number of hydrogen-bond acceptors (Lipinski definition) is 6. The molecule has 3 amide bonds. The second-order valence-corrected chi connectivity index (χ2v) is 10.8. The van der Waals surface area contributed by atoms with E-state index in [2.05, 4.69) is 10.3 Å². The van der Waals surface area contributed by atoms with Crippen LogP contribution in [0.1, 0.15) is 63.7 Å². The Hall–Kier alpha value is -3.46. The summed E-state index contributed by atoms with van der Waals surface area (Å²) in [5.41, 5.74) is 1.66. The number of anilines is 1. The molecule has 0 radical (unpaired) electrons. The molecule has 0 spiro atoms. The van der Waals surface area contributed by atoms with Crippen molar-refractivity contribution in [2.24, 2.45) is 0 Å². The Labute approximate surface area is 217 Å². The lowest BCUT2D eigenvalue weighted by Crippen LogP contribution is -2.47. The first-order valence-corrected chi connectivity index (χ1v) is 12.9. The molecule has 9 nitrogen and oxygen atoms in total. The molecular weight excluding hydrogens is 472 g/mol. The average molecular weight is 509 g/mol. The van der Waals surface area contributed by atoms with Gasteiger partial charge < -0.3 is 20.1 Å². The Morgan fingerprint density at radius 1 is 1.19 bits per heavy atom. The highest BCUT2D eigenvalue weighted by Crippen LogP contribution is 2.35. The third-order valence-electron chi connectivity index (χ3n) is 6.76. The summed E-state index contributed by atoms with van der Waals surface area (Å²) < 4.78 is 5.72. The fourth-order valence-corrected chi connectivity index (χ4v) is 5.04. The first kappa shape index (κ1) is 26.6. The van der Waals surface area contributed by atoms with Gasteiger partial charge in [-0.15, -0.1) is 0 Å². The molecule has 1 aromatic carbocycles. The number of aliphatic hydroxyl groups excluding tert-OH is 1. The standard InChI is InChI=1S/C28H36N4O5/c1-28(2,3)37-27(36)32-22(12-13-23(32)26(35)20-6-4-14-29-17-20)16-19-8-10-21(11-9-19)30-24(33)18-31-15-5-7-25(31)34/h4,6,8-11,14,17,22-23,26,35H,5,7,12-13,15-16,18H2,1-3H3,(H,30,33)/t22-,23+,26+/m0/s1. The first-order valence-electron chi connectivity index (χ1n) is 12.9. The Morgan fingerprint density at radius 2 is 1.95 bits per heavy atom. The highest BCUT2D eigenvalue weighted by atomic mass is 16.6. The Kier molecular flexibility index (Phi) is 8.12. The number of rotatable bonds is 7. The number of amides is 3. The van der Waals surface area contributed by atoms with Crippen molar-refractivity contribution in [3.63, 3.8) is 0 Å². The van der Waals surface area contributed by atoms with Crippen LogP contribution in [0.2, 0.25) is 0 Å². The number of carbonyl (C=O) groups excluding carboxylic acids is 3. The van der Waals surface area contributed by atoms with E-state index in [1.807, 2.05) is 51.1 Å². The van der Waals surface area contributed by atoms with E-state index >= 15 is 0 Å². The quantitative estimate of drug-likeness (QED) is 0.590. The molecule has 2 aromatic rings. The van der Waals surface area contributed by atoms with Crippen LogP contribution in [0.3, 0.4) is 0 Å². The number of benzene rings is 1. The van der Waals surface area contributed by atoms with Gasteiger partial charge in [-0.3, -0.25) is 19.5 Å². The number of aliphatic hydroxyl groups is 1. The second kappa shape index (κ2) is 11.3. The van der Waals surface area contributed by atoms with Gasteiger partial charge in [-0.2, -0.15) is 0 Å². The number of nitrogens with zero attached hydrogens (tertiary/aromatic N) is 3. The zero-order valence-corrected chi connectivity index (χ0v) is 21.7. The number of likely N-dealkylation sites (tertiary alicyclic amines) is 2. The minimum atomic E-state index is -0.869. The average Bonchev–Trinajstić information content (AvgIpc) is 3.45. The maximum atomic E-state index is 13.2. The first-order chi connectivity index (χ1) is 17.6. The molecule has 4 rings (SSSR count). The van der Waals surface area contributed by atoms with Gasteiger partial charge in [-0.25, -0.2) is 4.79 Å². The summed E-state index contributed by atoms with van der Waals surface area (Å²) in [5, 5.41) is 14.0. The molecule has 1 aromatic heterocycles. The van der Waals surface area contributed by atoms with Gasteiger partial charge in [-0.05, 0) is 70.2 Å². The number of carbonyl (C=O) groups is 3. The summed E-state index contributed by atoms with van der Waals surface area (Å²) in [5.74, 6) is -0.203. The molecule has 2 aliphatic rings. The molecular formula is C28H36N4O5. The van der Waals surface area contributed by atoms with Gasteiger partial charge >= 0.3 is 6.09 Å². The normalized spacial score (nSPS) is 20.7. The Morgan fingerprint density at radius 3 is 2.57 bits per heavy atom. The molecule has 0 saturated carbocycles. The van der Waals surface area contributed by atoms with E-state index in [-0.39, 0.29) is 24.4 Å². The molecule has 9 heteroatoms. The Balaban J connectivity index is 1.43. The van der Waals surface area contributed by atoms with Gasteiger partial charge in [0.1, 0.15) is 11.7 Å². The summed E-state index contributed by atoms with van der Waals surface area (Å²) in [6, 6.07) is 10.5. The molecule has 3 heterocycles. The van der Waals surface area contributed by atoms with Crippen LogP contribution in [-0.4, -0.2) is 68.6 Å². The molecule has 198 valence electrons. The van der Waals surface area contributed by atoms with Crippen molar-refractivity contribution in [1.82, 2.24) is 14.8 Å². The summed E-state index contributed by atoms with van der Waals surface area (Å²) in [6.45, 7) is 6.17. The van der Waals surface area contributed by atoms with Crippen LogP contribution in [0.15, 0.2) is 48.8 Å². The summed E-state index contributed by atoms with van der Waals surface area (Å²) >= 11 is 0. The highest BCUT2D eigenvalue weighted by molar-refractivity contribution is 5.94. The van der Waals surface area contributed by atoms with Crippen molar-refractivity contribution in [3.8, 4) is 0 Å². The van der Waals surface area contributed by atoms with Gasteiger partial charge in [0.2, 0.25) is 11.8 Å². The van der Waals surface area contributed by atoms with Crippen LogP contribution >= 0.6 is 0 Å². The van der Waals surface area contributed by atoms with E-state index < -0.39 is 23.8 Å². The highest BCUT2D eigenvalue weighted by Gasteiger charge is 2.43. The zero-order chi connectivity index (χ0) is 26.6. The lowest BCUT2D eigenvalue weighted by molar-refractivity contribution is -0.131. The van der Waals surface area contributed by atoms with Gasteiger partial charge in [0.15, 0.2) is 0 Å². The van der Waals surface area contributed by atoms with E-state index in [9.17, 15) is 19.5 Å². The fourth-order valence-electron chi connectivity index (χ4n) is 5.04. The van der Waals surface area contributed by atoms with E-state index in [1.54, 1.807) is 28.3 Å². The largest absolute Gasteiger partial charge is 0.444 e. The van der Waals surface area contributed by atoms with Crippen molar-refractivity contribution in [2.45, 2.75) is 76.7 Å². The minimum Gasteiger partial charge on any atom is -0.444 e. The van der Waals surface area contributed by atoms with E-state index in [1.165, 1.54) is 0 Å². The van der Waals surface area contributed by atoms with Crippen molar-refractivity contribution < 1.29 is 24.2 Å². The molecule has 2 aliphatic heterocycles. The monoisotopic (exact) mass is 508 g/mol. The van der Waals surface area contributed by atoms with E-state index in [0.29, 0.717) is 37.1 Å². The predicted octanol–water partition coefficient (Wildman–Crippen LogP) is 3.69. The topological polar surface area (TPSA) is 112 Å². The number of aromatic nitrogens is 1. The minimum absolute atomic E-state index is 0.0172. The third kappa shape index (κ3) is 6.85. The summed E-state index contributed by atoms with van der Waals surface area (Å²) in [4.78, 5) is 44.7. The van der Waals surface area contributed by atoms with Crippen LogP contribution < -0.4 is 5.32 Å². The van der Waals surface area contributed by atoms with Crippen molar-refractivity contribution in [2.75, 3.05) is 18.4 Å². The van der Waals surface area contributed by atoms with Crippen LogP contribution in [0, 0.1) is 0 Å². The van der Waals surface area contributed by atoms with Crippen LogP contribution in [0.4, 0.5) is 10.5 Å². The van der Waals surface area contributed by atoms with Gasteiger partial charge in [-0.1, -0.05) is 18.2 Å². The zero-order valence-electron chi connectivity index (χ0n) is 21.7. The van der Waals surface area contributed by atoms with E-state index in [0.717, 1.165) is 18.4 Å². The number of ether oxygens (including phenoxy) is 1. The molecule has 0 unspecified atom stereocenters. The predicted molar refractivity (Wildman–Crippen MR) is 139 cm³/mol. The van der Waals surface area contributed by atoms with Crippen molar-refractivity contribution in [3.05, 3.63) is 59.9 Å². The molecule has 2 saturated heterocycles. The number of hydrogen-bond donors (Lipinski definition) is 2. The molecule has 3 atom stereocenters. The number of nitrogens with one attached hydrogen (secondary N) is 1. The van der Waals surface area contributed by atoms with Gasteiger partial charge in [0.25, 0.3) is 0 Å². The lowest BCUT2D eigenvalue weighted by Gasteiger charge is -2.34. The smallest absolute Gasteiger partial charge is 0.410 e. The summed E-state index contributed by atoms with van der Waals surface area (Å²) in [6.07, 6.45) is 5.22. The van der Waals surface area contributed by atoms with Crippen LogP contribution in [0.25, 0.3) is 0 Å². The fraction of sp³-hybridized carbons (Fsp3) is 0.500. The molecule has 2 fully saturated rings. The Bertz CT molecular complexity index is 1100. The third-order valence-corrected chi connectivity index (χ3v) is 6.76. The van der Waals surface area contributed by atoms with E-state index in [4.69, 9.17) is 4.74 Å². The molecule has 0 bridgehead atoms. The molecule has 2 N–H and O–H groups in total. The molecule has 37 heavy (non-hydrogen) atoms. The van der Waals surface area contributed by atoms with Gasteiger partial charge in [0, 0.05) is 42.7 Å². The summed E-state index contributed by atoms with van der Waals surface area (Å²) in [7, 11) is 0. The SMILES string of the molecule is CC(C)(C)OC(=O)N1[C@H](Cc2ccc(NC(=O)CN3CCCC3=O)cc2)CC[C@@H]1[C@H](O)c1cccnc1. The number of pyridine rings is 1. The maximum absolute atomic E-state index is 13.2.